The molecule has 8 nitrogen and oxygen atoms in total. The molecule has 3 heterocycles. The number of likely N-dealkylation sites (tertiary alicyclic amines) is 1. The van der Waals surface area contributed by atoms with Gasteiger partial charge in [-0.25, -0.2) is 8.42 Å². The number of aromatic nitrogens is 2. The van der Waals surface area contributed by atoms with E-state index in [1.165, 1.54) is 11.4 Å². The molecule has 0 unspecified atom stereocenters. The number of piperidine rings is 2. The van der Waals surface area contributed by atoms with Crippen molar-refractivity contribution in [2.24, 2.45) is 0 Å². The van der Waals surface area contributed by atoms with E-state index in [2.05, 4.69) is 17.1 Å². The lowest BCUT2D eigenvalue weighted by Gasteiger charge is -2.32. The van der Waals surface area contributed by atoms with Gasteiger partial charge in [-0.2, -0.15) is 9.40 Å². The van der Waals surface area contributed by atoms with Crippen LogP contribution in [-0.2, 0) is 10.0 Å². The zero-order chi connectivity index (χ0) is 22.0. The first-order valence-corrected chi connectivity index (χ1v) is 12.4. The van der Waals surface area contributed by atoms with Gasteiger partial charge in [-0.15, -0.1) is 0 Å². The number of amides is 1. The van der Waals surface area contributed by atoms with Crippen LogP contribution >= 0.6 is 0 Å². The van der Waals surface area contributed by atoms with Crippen LogP contribution in [0.5, 0.6) is 5.75 Å². The lowest BCUT2D eigenvalue weighted by atomic mass is 10.0. The summed E-state index contributed by atoms with van der Waals surface area (Å²) in [4.78, 5) is 14.9. The Kier molecular flexibility index (Phi) is 6.34. The van der Waals surface area contributed by atoms with Crippen LogP contribution in [0.1, 0.15) is 55.9 Å². The van der Waals surface area contributed by atoms with Crippen LogP contribution < -0.4 is 4.74 Å². The third kappa shape index (κ3) is 4.34. The van der Waals surface area contributed by atoms with Crippen molar-refractivity contribution in [3.05, 3.63) is 30.0 Å². The van der Waals surface area contributed by atoms with Gasteiger partial charge in [0, 0.05) is 31.2 Å². The number of hydrogen-bond donors (Lipinski definition) is 1. The number of methoxy groups -OCH3 is 1. The maximum Gasteiger partial charge on any atom is 0.272 e. The Labute approximate surface area is 183 Å². The predicted molar refractivity (Wildman–Crippen MR) is 118 cm³/mol. The van der Waals surface area contributed by atoms with Crippen molar-refractivity contribution >= 4 is 15.9 Å². The molecule has 1 N–H and O–H groups in total. The van der Waals surface area contributed by atoms with Gasteiger partial charge in [-0.3, -0.25) is 9.89 Å². The van der Waals surface area contributed by atoms with E-state index in [0.717, 1.165) is 45.1 Å². The molecule has 9 heteroatoms. The molecule has 2 saturated heterocycles. The minimum Gasteiger partial charge on any atom is -0.495 e. The third-order valence-electron chi connectivity index (χ3n) is 6.26. The number of aromatic amines is 1. The smallest absolute Gasteiger partial charge is 0.272 e. The van der Waals surface area contributed by atoms with E-state index in [9.17, 15) is 13.2 Å². The van der Waals surface area contributed by atoms with Crippen LogP contribution in [-0.4, -0.2) is 66.5 Å². The number of carbonyl (C=O) groups excluding carboxylic acids is 1. The number of nitrogens with zero attached hydrogens (tertiary/aromatic N) is 3. The molecule has 1 aromatic carbocycles. The SMILES string of the molecule is COc1ccc(-c2cc(C(=O)N3CCCC[C@@H]3C)[nH]n2)cc1S(=O)(=O)N1CCCCC1. The Morgan fingerprint density at radius 1 is 1.10 bits per heavy atom. The molecule has 1 atom stereocenters. The van der Waals surface area contributed by atoms with E-state index < -0.39 is 10.0 Å². The average Bonchev–Trinajstić information content (AvgIpc) is 3.29. The van der Waals surface area contributed by atoms with Gasteiger partial charge in [-0.1, -0.05) is 6.42 Å². The fourth-order valence-corrected chi connectivity index (χ4v) is 6.11. The summed E-state index contributed by atoms with van der Waals surface area (Å²) >= 11 is 0. The predicted octanol–water partition coefficient (Wildman–Crippen LogP) is 3.27. The summed E-state index contributed by atoms with van der Waals surface area (Å²) in [5.41, 5.74) is 1.57. The van der Waals surface area contributed by atoms with E-state index in [1.807, 2.05) is 4.90 Å². The van der Waals surface area contributed by atoms with Crippen molar-refractivity contribution in [1.82, 2.24) is 19.4 Å². The number of sulfonamides is 1. The van der Waals surface area contributed by atoms with Crippen LogP contribution in [0, 0.1) is 0 Å². The Morgan fingerprint density at radius 3 is 2.55 bits per heavy atom. The normalized spacial score (nSPS) is 20.6. The van der Waals surface area contributed by atoms with Crippen LogP contribution in [0.3, 0.4) is 0 Å². The molecule has 0 spiro atoms. The quantitative estimate of drug-likeness (QED) is 0.760. The van der Waals surface area contributed by atoms with Crippen molar-refractivity contribution in [1.29, 1.82) is 0 Å². The second kappa shape index (κ2) is 9.00. The molecule has 2 aromatic rings. The van der Waals surface area contributed by atoms with Crippen molar-refractivity contribution in [3.8, 4) is 17.0 Å². The molecule has 168 valence electrons. The lowest BCUT2D eigenvalue weighted by molar-refractivity contribution is 0.0629. The second-order valence-electron chi connectivity index (χ2n) is 8.34. The third-order valence-corrected chi connectivity index (χ3v) is 8.18. The zero-order valence-electron chi connectivity index (χ0n) is 18.1. The van der Waals surface area contributed by atoms with Gasteiger partial charge in [0.1, 0.15) is 16.3 Å². The van der Waals surface area contributed by atoms with Gasteiger partial charge < -0.3 is 9.64 Å². The zero-order valence-corrected chi connectivity index (χ0v) is 19.0. The van der Waals surface area contributed by atoms with Crippen molar-refractivity contribution < 1.29 is 17.9 Å². The van der Waals surface area contributed by atoms with Crippen LogP contribution in [0.4, 0.5) is 0 Å². The Hall–Kier alpha value is -2.39. The maximum absolute atomic E-state index is 13.3. The molecule has 1 amide bonds. The molecule has 0 radical (unpaired) electrons. The summed E-state index contributed by atoms with van der Waals surface area (Å²) in [5.74, 6) is 0.240. The highest BCUT2D eigenvalue weighted by atomic mass is 32.2. The second-order valence-corrected chi connectivity index (χ2v) is 10.2. The van der Waals surface area contributed by atoms with Gasteiger partial charge in [0.15, 0.2) is 0 Å². The monoisotopic (exact) mass is 446 g/mol. The molecule has 2 aliphatic heterocycles. The number of carbonyl (C=O) groups is 1. The van der Waals surface area contributed by atoms with Gasteiger partial charge in [0.2, 0.25) is 10.0 Å². The Bertz CT molecular complexity index is 1040. The molecule has 31 heavy (non-hydrogen) atoms. The highest BCUT2D eigenvalue weighted by Crippen LogP contribution is 2.33. The molecular formula is C22H30N4O4S. The van der Waals surface area contributed by atoms with Gasteiger partial charge in [0.25, 0.3) is 5.91 Å². The molecule has 2 aliphatic rings. The molecule has 0 saturated carbocycles. The molecule has 1 aromatic heterocycles. The van der Waals surface area contributed by atoms with Crippen molar-refractivity contribution in [3.63, 3.8) is 0 Å². The number of hydrogen-bond acceptors (Lipinski definition) is 5. The lowest BCUT2D eigenvalue weighted by Crippen LogP contribution is -2.42. The molecule has 4 rings (SSSR count). The average molecular weight is 447 g/mol. The number of H-pyrrole nitrogens is 1. The first-order chi connectivity index (χ1) is 14.9. The molecule has 2 fully saturated rings. The number of nitrogens with one attached hydrogen (secondary N) is 1. The molecule has 0 aliphatic carbocycles. The fraction of sp³-hybridized carbons (Fsp3) is 0.545. The number of rotatable bonds is 5. The molecular weight excluding hydrogens is 416 g/mol. The summed E-state index contributed by atoms with van der Waals surface area (Å²) < 4.78 is 33.4. The van der Waals surface area contributed by atoms with Crippen molar-refractivity contribution in [2.45, 2.75) is 56.4 Å². The minimum atomic E-state index is -3.67. The van der Waals surface area contributed by atoms with E-state index in [-0.39, 0.29) is 16.8 Å². The maximum atomic E-state index is 13.3. The van der Waals surface area contributed by atoms with E-state index in [4.69, 9.17) is 4.74 Å². The summed E-state index contributed by atoms with van der Waals surface area (Å²) in [7, 11) is -2.21. The summed E-state index contributed by atoms with van der Waals surface area (Å²) in [6.07, 6.45) is 5.92. The standard InChI is InChI=1S/C22H30N4O4S/c1-16-8-4-7-13-26(16)22(27)19-15-18(23-24-19)17-9-10-20(30-2)21(14-17)31(28,29)25-11-5-3-6-12-25/h9-10,14-16H,3-8,11-13H2,1-2H3,(H,23,24)/t16-/m0/s1. The van der Waals surface area contributed by atoms with Gasteiger partial charge in [0.05, 0.1) is 12.8 Å². The van der Waals surface area contributed by atoms with Gasteiger partial charge in [-0.05, 0) is 63.3 Å². The molecule has 0 bridgehead atoms. The van der Waals surface area contributed by atoms with E-state index in [0.29, 0.717) is 35.8 Å². The van der Waals surface area contributed by atoms with Crippen LogP contribution in [0.2, 0.25) is 0 Å². The Balaban J connectivity index is 1.64. The van der Waals surface area contributed by atoms with Crippen LogP contribution in [0.25, 0.3) is 11.3 Å². The minimum absolute atomic E-state index is 0.0689. The van der Waals surface area contributed by atoms with E-state index in [1.54, 1.807) is 24.3 Å². The van der Waals surface area contributed by atoms with Gasteiger partial charge >= 0.3 is 0 Å². The fourth-order valence-electron chi connectivity index (χ4n) is 4.42. The summed E-state index contributed by atoms with van der Waals surface area (Å²) in [5, 5.41) is 7.14. The number of benzene rings is 1. The largest absolute Gasteiger partial charge is 0.495 e. The van der Waals surface area contributed by atoms with Crippen molar-refractivity contribution in [2.75, 3.05) is 26.7 Å². The first kappa shape index (κ1) is 21.8. The van der Waals surface area contributed by atoms with Crippen LogP contribution in [0.15, 0.2) is 29.2 Å². The Morgan fingerprint density at radius 2 is 1.84 bits per heavy atom. The number of ether oxygens (including phenoxy) is 1. The topological polar surface area (TPSA) is 95.6 Å². The van der Waals surface area contributed by atoms with E-state index >= 15 is 0 Å². The summed E-state index contributed by atoms with van der Waals surface area (Å²) in [6, 6.07) is 6.91. The first-order valence-electron chi connectivity index (χ1n) is 11.0. The highest BCUT2D eigenvalue weighted by molar-refractivity contribution is 7.89. The summed E-state index contributed by atoms with van der Waals surface area (Å²) in [6.45, 7) is 3.85. The highest BCUT2D eigenvalue weighted by Gasteiger charge is 2.30.